The molecule has 0 aliphatic carbocycles. The molecule has 0 unspecified atom stereocenters. The van der Waals surface area contributed by atoms with Crippen molar-refractivity contribution in [3.63, 3.8) is 0 Å². The summed E-state index contributed by atoms with van der Waals surface area (Å²) in [6, 6.07) is 28.0. The fraction of sp³-hybridized carbons (Fsp3) is 0.120. The SMILES string of the molecule is COC(=O)[C@H]1C(c2ccccc2)=C(c2ccccc2)C(=O)N[C@@H]1c1ccccc1. The largest absolute Gasteiger partial charge is 0.468 e. The number of ether oxygens (including phenoxy) is 1. The van der Waals surface area contributed by atoms with E-state index in [0.717, 1.165) is 16.7 Å². The average molecular weight is 383 g/mol. The van der Waals surface area contributed by atoms with E-state index in [0.29, 0.717) is 11.1 Å². The number of benzene rings is 3. The zero-order chi connectivity index (χ0) is 20.2. The van der Waals surface area contributed by atoms with Crippen molar-refractivity contribution in [2.24, 2.45) is 5.92 Å². The summed E-state index contributed by atoms with van der Waals surface area (Å²) in [6.45, 7) is 0. The van der Waals surface area contributed by atoms with E-state index in [2.05, 4.69) is 5.32 Å². The molecule has 3 aromatic rings. The Morgan fingerprint density at radius 3 is 1.86 bits per heavy atom. The number of carbonyl (C=O) groups is 2. The Morgan fingerprint density at radius 1 is 0.793 bits per heavy atom. The van der Waals surface area contributed by atoms with Crippen LogP contribution in [0, 0.1) is 5.92 Å². The van der Waals surface area contributed by atoms with Gasteiger partial charge in [-0.25, -0.2) is 0 Å². The molecule has 3 aromatic carbocycles. The van der Waals surface area contributed by atoms with Gasteiger partial charge in [0, 0.05) is 0 Å². The predicted molar refractivity (Wildman–Crippen MR) is 113 cm³/mol. The highest BCUT2D eigenvalue weighted by molar-refractivity contribution is 6.30. The lowest BCUT2D eigenvalue weighted by molar-refractivity contribution is -0.144. The van der Waals surface area contributed by atoms with Crippen LogP contribution in [0.4, 0.5) is 0 Å². The van der Waals surface area contributed by atoms with Crippen molar-refractivity contribution in [3.8, 4) is 0 Å². The molecule has 1 aliphatic heterocycles. The number of esters is 1. The van der Waals surface area contributed by atoms with Crippen LogP contribution in [0.5, 0.6) is 0 Å². The van der Waals surface area contributed by atoms with Gasteiger partial charge < -0.3 is 10.1 Å². The second kappa shape index (κ2) is 8.15. The Kier molecular flexibility index (Phi) is 5.25. The van der Waals surface area contributed by atoms with Crippen LogP contribution in [0.3, 0.4) is 0 Å². The summed E-state index contributed by atoms with van der Waals surface area (Å²) in [5, 5.41) is 3.05. The van der Waals surface area contributed by atoms with E-state index in [-0.39, 0.29) is 11.9 Å². The highest BCUT2D eigenvalue weighted by Crippen LogP contribution is 2.43. The van der Waals surface area contributed by atoms with Crippen molar-refractivity contribution < 1.29 is 14.3 Å². The van der Waals surface area contributed by atoms with Crippen LogP contribution in [-0.2, 0) is 14.3 Å². The second-order valence-corrected chi connectivity index (χ2v) is 6.88. The lowest BCUT2D eigenvalue weighted by Gasteiger charge is -2.35. The lowest BCUT2D eigenvalue weighted by Crippen LogP contribution is -2.43. The van der Waals surface area contributed by atoms with Crippen LogP contribution in [-0.4, -0.2) is 19.0 Å². The zero-order valence-electron chi connectivity index (χ0n) is 16.0. The first kappa shape index (κ1) is 18.7. The number of hydrogen-bond donors (Lipinski definition) is 1. The van der Waals surface area contributed by atoms with E-state index in [4.69, 9.17) is 4.74 Å². The summed E-state index contributed by atoms with van der Waals surface area (Å²) in [6.07, 6.45) is 0. The van der Waals surface area contributed by atoms with E-state index in [1.165, 1.54) is 7.11 Å². The van der Waals surface area contributed by atoms with Crippen LogP contribution in [0.2, 0.25) is 0 Å². The molecule has 0 saturated heterocycles. The molecule has 4 heteroatoms. The standard InChI is InChI=1S/C25H21NO3/c1-29-25(28)22-20(17-11-5-2-6-12-17)21(18-13-7-3-8-14-18)24(27)26-23(22)19-15-9-4-10-16-19/h2-16,22-23H,1H3,(H,26,27)/t22-,23+/m0/s1. The van der Waals surface area contributed by atoms with Gasteiger partial charge in [0.05, 0.1) is 18.7 Å². The van der Waals surface area contributed by atoms with Gasteiger partial charge in [-0.2, -0.15) is 0 Å². The number of hydrogen-bond acceptors (Lipinski definition) is 3. The molecule has 0 spiro atoms. The molecule has 2 atom stereocenters. The number of rotatable bonds is 4. The Labute approximate surface area is 169 Å². The summed E-state index contributed by atoms with van der Waals surface area (Å²) in [5.41, 5.74) is 3.64. The molecular weight excluding hydrogens is 362 g/mol. The fourth-order valence-corrected chi connectivity index (χ4v) is 3.89. The third-order valence-corrected chi connectivity index (χ3v) is 5.19. The smallest absolute Gasteiger partial charge is 0.315 e. The molecule has 29 heavy (non-hydrogen) atoms. The van der Waals surface area contributed by atoms with Crippen molar-refractivity contribution >= 4 is 23.0 Å². The monoisotopic (exact) mass is 383 g/mol. The molecule has 4 rings (SSSR count). The van der Waals surface area contributed by atoms with Crippen LogP contribution >= 0.6 is 0 Å². The van der Waals surface area contributed by atoms with Gasteiger partial charge in [0.2, 0.25) is 0 Å². The molecule has 0 fully saturated rings. The number of carbonyl (C=O) groups excluding carboxylic acids is 2. The molecule has 144 valence electrons. The molecular formula is C25H21NO3. The molecule has 1 heterocycles. The molecule has 1 amide bonds. The van der Waals surface area contributed by atoms with Gasteiger partial charge in [0.1, 0.15) is 5.92 Å². The first-order valence-electron chi connectivity index (χ1n) is 9.49. The van der Waals surface area contributed by atoms with E-state index in [1.54, 1.807) is 0 Å². The maximum atomic E-state index is 13.3. The minimum Gasteiger partial charge on any atom is -0.468 e. The highest BCUT2D eigenvalue weighted by Gasteiger charge is 2.42. The van der Waals surface area contributed by atoms with E-state index >= 15 is 0 Å². The van der Waals surface area contributed by atoms with Crippen LogP contribution < -0.4 is 5.32 Å². The molecule has 4 nitrogen and oxygen atoms in total. The summed E-state index contributed by atoms with van der Waals surface area (Å²) >= 11 is 0. The predicted octanol–water partition coefficient (Wildman–Crippen LogP) is 4.26. The Bertz CT molecular complexity index is 1040. The topological polar surface area (TPSA) is 55.4 Å². The zero-order valence-corrected chi connectivity index (χ0v) is 16.0. The molecule has 0 aromatic heterocycles. The highest BCUT2D eigenvalue weighted by atomic mass is 16.5. The third kappa shape index (κ3) is 3.57. The minimum atomic E-state index is -0.669. The van der Waals surface area contributed by atoms with Gasteiger partial charge >= 0.3 is 5.97 Å². The Morgan fingerprint density at radius 2 is 1.31 bits per heavy atom. The molecule has 0 saturated carbocycles. The molecule has 0 radical (unpaired) electrons. The third-order valence-electron chi connectivity index (χ3n) is 5.19. The van der Waals surface area contributed by atoms with Crippen LogP contribution in [0.25, 0.3) is 11.1 Å². The summed E-state index contributed by atoms with van der Waals surface area (Å²) in [4.78, 5) is 26.3. The minimum absolute atomic E-state index is 0.205. The van der Waals surface area contributed by atoms with Gasteiger partial charge in [-0.3, -0.25) is 9.59 Å². The fourth-order valence-electron chi connectivity index (χ4n) is 3.89. The first-order chi connectivity index (χ1) is 14.2. The normalized spacial score (nSPS) is 18.9. The van der Waals surface area contributed by atoms with Crippen molar-refractivity contribution in [1.82, 2.24) is 5.32 Å². The molecule has 0 bridgehead atoms. The van der Waals surface area contributed by atoms with Gasteiger partial charge in [-0.05, 0) is 22.3 Å². The maximum Gasteiger partial charge on any atom is 0.315 e. The summed E-state index contributed by atoms with van der Waals surface area (Å²) in [5.74, 6) is -1.26. The van der Waals surface area contributed by atoms with Crippen LogP contribution in [0.15, 0.2) is 91.0 Å². The number of methoxy groups -OCH3 is 1. The van der Waals surface area contributed by atoms with Crippen LogP contribution in [0.1, 0.15) is 22.7 Å². The first-order valence-corrected chi connectivity index (χ1v) is 9.49. The average Bonchev–Trinajstić information content (AvgIpc) is 2.79. The second-order valence-electron chi connectivity index (χ2n) is 6.88. The van der Waals surface area contributed by atoms with Gasteiger partial charge in [0.15, 0.2) is 0 Å². The number of amides is 1. The van der Waals surface area contributed by atoms with E-state index < -0.39 is 12.0 Å². The van der Waals surface area contributed by atoms with Crippen molar-refractivity contribution in [2.45, 2.75) is 6.04 Å². The molecule has 1 N–H and O–H groups in total. The van der Waals surface area contributed by atoms with Crippen molar-refractivity contribution in [1.29, 1.82) is 0 Å². The van der Waals surface area contributed by atoms with Gasteiger partial charge in [-0.1, -0.05) is 91.0 Å². The van der Waals surface area contributed by atoms with E-state index in [9.17, 15) is 9.59 Å². The van der Waals surface area contributed by atoms with Crippen molar-refractivity contribution in [3.05, 3.63) is 108 Å². The van der Waals surface area contributed by atoms with Gasteiger partial charge in [0.25, 0.3) is 5.91 Å². The summed E-state index contributed by atoms with van der Waals surface area (Å²) < 4.78 is 5.19. The lowest BCUT2D eigenvalue weighted by atomic mass is 9.76. The summed E-state index contributed by atoms with van der Waals surface area (Å²) in [7, 11) is 1.38. The van der Waals surface area contributed by atoms with E-state index in [1.807, 2.05) is 91.0 Å². The van der Waals surface area contributed by atoms with Gasteiger partial charge in [-0.15, -0.1) is 0 Å². The maximum absolute atomic E-state index is 13.3. The quantitative estimate of drug-likeness (QED) is 0.685. The van der Waals surface area contributed by atoms with Crippen molar-refractivity contribution in [2.75, 3.05) is 7.11 Å². The Balaban J connectivity index is 2.00. The number of nitrogens with one attached hydrogen (secondary N) is 1. The Hall–Kier alpha value is -3.66. The molecule has 1 aliphatic rings.